The molecule has 0 amide bonds. The first-order valence-corrected chi connectivity index (χ1v) is 13.4. The van der Waals surface area contributed by atoms with Crippen LogP contribution in [0.3, 0.4) is 0 Å². The highest BCUT2D eigenvalue weighted by atomic mass is 35.5. The van der Waals surface area contributed by atoms with Gasteiger partial charge in [-0.3, -0.25) is 9.36 Å². The lowest BCUT2D eigenvalue weighted by Crippen LogP contribution is -2.39. The molecular weight excluding hydrogens is 565 g/mol. The van der Waals surface area contributed by atoms with Crippen LogP contribution in [0.5, 0.6) is 17.2 Å². The number of nitriles is 1. The molecule has 0 spiro atoms. The topological polar surface area (TPSA) is 112 Å². The number of nitrogens with zero attached hydrogens (tertiary/aromatic N) is 3. The van der Waals surface area contributed by atoms with Crippen molar-refractivity contribution in [1.29, 1.82) is 5.26 Å². The van der Waals surface area contributed by atoms with Gasteiger partial charge in [-0.05, 0) is 49.8 Å². The number of hydrogen-bond donors (Lipinski definition) is 0. The molecule has 202 valence electrons. The molecule has 9 nitrogen and oxygen atoms in total. The number of thiazole rings is 1. The molecule has 0 bridgehead atoms. The van der Waals surface area contributed by atoms with E-state index in [1.54, 1.807) is 30.3 Å². The van der Waals surface area contributed by atoms with Crippen molar-refractivity contribution in [1.82, 2.24) is 4.57 Å². The molecule has 1 aliphatic rings. The summed E-state index contributed by atoms with van der Waals surface area (Å²) in [4.78, 5) is 31.3. The predicted molar refractivity (Wildman–Crippen MR) is 148 cm³/mol. The minimum absolute atomic E-state index is 0.173. The Labute approximate surface area is 237 Å². The number of aromatic nitrogens is 1. The number of esters is 1. The summed E-state index contributed by atoms with van der Waals surface area (Å²) in [6.07, 6.45) is 2.97. The van der Waals surface area contributed by atoms with Crippen molar-refractivity contribution in [3.8, 4) is 23.3 Å². The smallest absolute Gasteiger partial charge is 0.337 e. The van der Waals surface area contributed by atoms with E-state index < -0.39 is 17.6 Å². The van der Waals surface area contributed by atoms with Gasteiger partial charge in [0.1, 0.15) is 11.8 Å². The molecule has 2 heterocycles. The number of carbonyl (C=O) groups is 1. The molecule has 12 heteroatoms. The van der Waals surface area contributed by atoms with Gasteiger partial charge in [0.05, 0.1) is 41.5 Å². The first-order valence-electron chi connectivity index (χ1n) is 11.8. The van der Waals surface area contributed by atoms with Crippen molar-refractivity contribution in [3.05, 3.63) is 83.0 Å². The van der Waals surface area contributed by atoms with Crippen LogP contribution in [0.15, 0.2) is 51.9 Å². The van der Waals surface area contributed by atoms with E-state index in [0.29, 0.717) is 45.7 Å². The minimum Gasteiger partial charge on any atom is -0.490 e. The Kier molecular flexibility index (Phi) is 8.97. The molecule has 0 radical (unpaired) electrons. The highest BCUT2D eigenvalue weighted by Crippen LogP contribution is 2.35. The van der Waals surface area contributed by atoms with E-state index in [-0.39, 0.29) is 27.5 Å². The number of halogens is 2. The van der Waals surface area contributed by atoms with Crippen molar-refractivity contribution < 1.29 is 23.7 Å². The monoisotopic (exact) mass is 587 g/mol. The maximum Gasteiger partial charge on any atom is 0.337 e. The van der Waals surface area contributed by atoms with Crippen LogP contribution in [-0.2, 0) is 9.53 Å². The van der Waals surface area contributed by atoms with Crippen LogP contribution in [0.1, 0.15) is 31.0 Å². The quantitative estimate of drug-likeness (QED) is 0.347. The van der Waals surface area contributed by atoms with Gasteiger partial charge in [-0.2, -0.15) is 5.26 Å². The lowest BCUT2D eigenvalue weighted by molar-refractivity contribution is -0.136. The van der Waals surface area contributed by atoms with Crippen LogP contribution in [0, 0.1) is 11.3 Å². The Morgan fingerprint density at radius 1 is 1.15 bits per heavy atom. The van der Waals surface area contributed by atoms with Crippen molar-refractivity contribution in [2.75, 3.05) is 26.9 Å². The van der Waals surface area contributed by atoms with Gasteiger partial charge in [0.25, 0.3) is 5.56 Å². The number of methoxy groups -OCH3 is 1. The van der Waals surface area contributed by atoms with E-state index in [9.17, 15) is 9.59 Å². The zero-order chi connectivity index (χ0) is 28.1. The van der Waals surface area contributed by atoms with E-state index in [4.69, 9.17) is 47.4 Å². The Bertz CT molecular complexity index is 1670. The molecule has 0 aliphatic carbocycles. The zero-order valence-electron chi connectivity index (χ0n) is 21.2. The van der Waals surface area contributed by atoms with Crippen molar-refractivity contribution >= 4 is 46.6 Å². The van der Waals surface area contributed by atoms with Crippen LogP contribution >= 0.6 is 34.5 Å². The largest absolute Gasteiger partial charge is 0.490 e. The molecule has 0 fully saturated rings. The van der Waals surface area contributed by atoms with Gasteiger partial charge in [-0.15, -0.1) is 0 Å². The maximum atomic E-state index is 13.8. The number of rotatable bonds is 9. The summed E-state index contributed by atoms with van der Waals surface area (Å²) in [5, 5.41) is 9.48. The summed E-state index contributed by atoms with van der Waals surface area (Å²) in [6, 6.07) is 9.36. The second kappa shape index (κ2) is 12.4. The fourth-order valence-corrected chi connectivity index (χ4v) is 5.60. The zero-order valence-corrected chi connectivity index (χ0v) is 23.5. The summed E-state index contributed by atoms with van der Waals surface area (Å²) >= 11 is 13.6. The van der Waals surface area contributed by atoms with Gasteiger partial charge in [0.15, 0.2) is 22.9 Å². The second-order valence-corrected chi connectivity index (χ2v) is 9.85. The highest BCUT2D eigenvalue weighted by molar-refractivity contribution is 7.07. The third-order valence-corrected chi connectivity index (χ3v) is 7.11. The molecule has 0 saturated carbocycles. The molecule has 0 N–H and O–H groups in total. The van der Waals surface area contributed by atoms with E-state index in [0.717, 1.165) is 11.3 Å². The summed E-state index contributed by atoms with van der Waals surface area (Å²) in [7, 11) is 1.26. The number of benzene rings is 2. The highest BCUT2D eigenvalue weighted by Gasteiger charge is 2.31. The molecule has 0 saturated heterocycles. The molecule has 2 aromatic carbocycles. The van der Waals surface area contributed by atoms with Crippen molar-refractivity contribution in [2.45, 2.75) is 19.9 Å². The van der Waals surface area contributed by atoms with Crippen LogP contribution in [0.4, 0.5) is 0 Å². The van der Waals surface area contributed by atoms with Gasteiger partial charge in [-0.25, -0.2) is 9.79 Å². The lowest BCUT2D eigenvalue weighted by atomic mass is 9.97. The third kappa shape index (κ3) is 5.81. The first kappa shape index (κ1) is 28.2. The van der Waals surface area contributed by atoms with Crippen molar-refractivity contribution in [3.63, 3.8) is 0 Å². The van der Waals surface area contributed by atoms with Gasteiger partial charge in [0, 0.05) is 16.8 Å². The van der Waals surface area contributed by atoms with Gasteiger partial charge in [-0.1, -0.05) is 40.6 Å². The lowest BCUT2D eigenvalue weighted by Gasteiger charge is -2.23. The third-order valence-electron chi connectivity index (χ3n) is 5.61. The molecule has 1 atom stereocenters. The Morgan fingerprint density at radius 3 is 2.59 bits per heavy atom. The Morgan fingerprint density at radius 2 is 1.90 bits per heavy atom. The fraction of sp³-hybridized carbons (Fsp3) is 0.259. The predicted octanol–water partition coefficient (Wildman–Crippen LogP) is 4.02. The summed E-state index contributed by atoms with van der Waals surface area (Å²) in [6.45, 7) is 4.30. The average molecular weight is 588 g/mol. The first-order chi connectivity index (χ1) is 18.8. The van der Waals surface area contributed by atoms with Gasteiger partial charge >= 0.3 is 5.97 Å². The van der Waals surface area contributed by atoms with Crippen LogP contribution in [0.2, 0.25) is 10.0 Å². The summed E-state index contributed by atoms with van der Waals surface area (Å²) in [5.74, 6) is 0.613. The fourth-order valence-electron chi connectivity index (χ4n) is 4.07. The number of fused-ring (bicyclic) bond motifs is 1. The Hall–Kier alpha value is -3.78. The molecule has 39 heavy (non-hydrogen) atoms. The van der Waals surface area contributed by atoms with Gasteiger partial charge < -0.3 is 18.9 Å². The standard InChI is InChI=1S/C27H23Cl2N3O6S/c1-4-36-20-7-6-15(11-21(20)37-5-2)23-18(26(34)35-3)14-31-27-32(23)25(33)22(39-27)12-16-10-17(28)13-19(29)24(16)38-9-8-30/h6-7,10-14,23H,4-5,9H2,1-3H3/b22-12+/t23-/m1/s1. The number of ether oxygens (including phenoxy) is 4. The summed E-state index contributed by atoms with van der Waals surface area (Å²) in [5.41, 5.74) is 0.778. The maximum absolute atomic E-state index is 13.8. The summed E-state index contributed by atoms with van der Waals surface area (Å²) < 4.78 is 23.7. The SMILES string of the molecule is CCOc1ccc([C@@H]2C(C(=O)OC)=CN=c3s/c(=C/c4cc(Cl)cc(Cl)c4OCC#N)c(=O)n32)cc1OCC. The normalized spacial score (nSPS) is 14.5. The number of carbonyl (C=O) groups excluding carboxylic acids is 1. The molecule has 1 aliphatic heterocycles. The van der Waals surface area contributed by atoms with E-state index in [1.807, 2.05) is 19.9 Å². The van der Waals surface area contributed by atoms with Gasteiger partial charge in [0.2, 0.25) is 0 Å². The molecule has 3 aromatic rings. The number of hydrogen-bond acceptors (Lipinski definition) is 9. The molecular formula is C27H23Cl2N3O6S. The van der Waals surface area contributed by atoms with E-state index >= 15 is 0 Å². The molecule has 4 rings (SSSR count). The van der Waals surface area contributed by atoms with Crippen LogP contribution < -0.4 is 29.1 Å². The minimum atomic E-state index is -0.844. The Balaban J connectivity index is 1.93. The molecule has 0 unspecified atom stereocenters. The van der Waals surface area contributed by atoms with Crippen molar-refractivity contribution in [2.24, 2.45) is 4.99 Å². The average Bonchev–Trinajstić information content (AvgIpc) is 3.23. The second-order valence-electron chi connectivity index (χ2n) is 8.00. The van der Waals surface area contributed by atoms with Crippen LogP contribution in [0.25, 0.3) is 6.08 Å². The van der Waals surface area contributed by atoms with Crippen LogP contribution in [-0.4, -0.2) is 37.5 Å². The molecule has 1 aromatic heterocycles. The van der Waals surface area contributed by atoms with E-state index in [2.05, 4.69) is 4.99 Å². The van der Waals surface area contributed by atoms with E-state index in [1.165, 1.54) is 23.9 Å².